The first-order chi connectivity index (χ1) is 6.77. The van der Waals surface area contributed by atoms with E-state index in [9.17, 15) is 4.79 Å². The Morgan fingerprint density at radius 1 is 1.43 bits per heavy atom. The fourth-order valence-corrected chi connectivity index (χ4v) is 1.57. The highest BCUT2D eigenvalue weighted by Gasteiger charge is 2.21. The molecule has 2 amide bonds. The minimum Gasteiger partial charge on any atom is -0.335 e. The first-order valence-electron chi connectivity index (χ1n) is 5.83. The van der Waals surface area contributed by atoms with Crippen LogP contribution in [0.25, 0.3) is 0 Å². The van der Waals surface area contributed by atoms with Gasteiger partial charge in [-0.2, -0.15) is 0 Å². The van der Waals surface area contributed by atoms with Crippen LogP contribution in [0.4, 0.5) is 4.79 Å². The average Bonchev–Trinajstić information content (AvgIpc) is 2.13. The van der Waals surface area contributed by atoms with Gasteiger partial charge in [-0.1, -0.05) is 13.3 Å². The van der Waals surface area contributed by atoms with Gasteiger partial charge in [0, 0.05) is 19.1 Å². The maximum absolute atomic E-state index is 11.7. The van der Waals surface area contributed by atoms with Crippen molar-refractivity contribution < 1.29 is 4.79 Å². The first kappa shape index (κ1) is 11.3. The highest BCUT2D eigenvalue weighted by atomic mass is 16.2. The van der Waals surface area contributed by atoms with Crippen LogP contribution in [-0.2, 0) is 0 Å². The molecule has 0 aliphatic heterocycles. The minimum atomic E-state index is 0.130. The Bertz CT molecular complexity index is 178. The van der Waals surface area contributed by atoms with Crippen molar-refractivity contribution in [2.24, 2.45) is 0 Å². The van der Waals surface area contributed by atoms with Gasteiger partial charge in [0.2, 0.25) is 0 Å². The van der Waals surface area contributed by atoms with Gasteiger partial charge in [0.15, 0.2) is 0 Å². The second-order valence-corrected chi connectivity index (χ2v) is 4.01. The fourth-order valence-electron chi connectivity index (χ4n) is 1.57. The van der Waals surface area contributed by atoms with Gasteiger partial charge in [0.05, 0.1) is 0 Å². The number of hydrogen-bond donors (Lipinski definition) is 1. The molecule has 0 radical (unpaired) electrons. The van der Waals surface area contributed by atoms with Crippen molar-refractivity contribution in [3.63, 3.8) is 0 Å². The molecule has 1 fully saturated rings. The molecule has 1 rings (SSSR count). The number of urea groups is 1. The smallest absolute Gasteiger partial charge is 0.317 e. The zero-order valence-electron chi connectivity index (χ0n) is 9.38. The molecule has 1 aliphatic rings. The van der Waals surface area contributed by atoms with Crippen LogP contribution in [-0.4, -0.2) is 30.1 Å². The van der Waals surface area contributed by atoms with Crippen molar-refractivity contribution in [2.75, 3.05) is 13.1 Å². The Morgan fingerprint density at radius 3 is 2.57 bits per heavy atom. The summed E-state index contributed by atoms with van der Waals surface area (Å²) in [7, 11) is 0. The fraction of sp³-hybridized carbons (Fsp3) is 0.909. The van der Waals surface area contributed by atoms with E-state index < -0.39 is 0 Å². The van der Waals surface area contributed by atoms with Gasteiger partial charge < -0.3 is 10.2 Å². The lowest BCUT2D eigenvalue weighted by Gasteiger charge is -2.30. The van der Waals surface area contributed by atoms with Crippen LogP contribution in [0.3, 0.4) is 0 Å². The molecule has 0 aromatic carbocycles. The van der Waals surface area contributed by atoms with Crippen LogP contribution in [0.1, 0.15) is 46.0 Å². The third-order valence-corrected chi connectivity index (χ3v) is 2.88. The third-order valence-electron chi connectivity index (χ3n) is 2.88. The van der Waals surface area contributed by atoms with Crippen LogP contribution < -0.4 is 5.32 Å². The lowest BCUT2D eigenvalue weighted by atomic mass is 9.93. The summed E-state index contributed by atoms with van der Waals surface area (Å²) >= 11 is 0. The van der Waals surface area contributed by atoms with Crippen molar-refractivity contribution in [1.82, 2.24) is 10.2 Å². The van der Waals surface area contributed by atoms with Gasteiger partial charge in [-0.05, 0) is 32.6 Å². The summed E-state index contributed by atoms with van der Waals surface area (Å²) in [5, 5.41) is 3.06. The second-order valence-electron chi connectivity index (χ2n) is 4.01. The Hall–Kier alpha value is -0.730. The predicted molar refractivity (Wildman–Crippen MR) is 58.3 cm³/mol. The molecular formula is C11H22N2O. The van der Waals surface area contributed by atoms with Crippen LogP contribution in [0.5, 0.6) is 0 Å². The van der Waals surface area contributed by atoms with Gasteiger partial charge >= 0.3 is 6.03 Å². The number of carbonyl (C=O) groups excluding carboxylic acids is 1. The number of carbonyl (C=O) groups is 1. The molecule has 3 nitrogen and oxygen atoms in total. The molecule has 1 aliphatic carbocycles. The zero-order chi connectivity index (χ0) is 10.4. The third kappa shape index (κ3) is 3.20. The summed E-state index contributed by atoms with van der Waals surface area (Å²) in [4.78, 5) is 13.6. The highest BCUT2D eigenvalue weighted by molar-refractivity contribution is 5.74. The number of nitrogens with one attached hydrogen (secondary N) is 1. The van der Waals surface area contributed by atoms with Gasteiger partial charge in [0.25, 0.3) is 0 Å². The summed E-state index contributed by atoms with van der Waals surface area (Å²) in [6.45, 7) is 5.90. The summed E-state index contributed by atoms with van der Waals surface area (Å²) < 4.78 is 0. The van der Waals surface area contributed by atoms with Gasteiger partial charge in [-0.25, -0.2) is 4.79 Å². The second kappa shape index (κ2) is 5.89. The Morgan fingerprint density at radius 2 is 2.14 bits per heavy atom. The number of unbranched alkanes of at least 4 members (excludes halogenated alkanes) is 1. The Labute approximate surface area is 86.9 Å². The SMILES string of the molecule is CCCCN(CC)C(=O)NC1CCC1. The van der Waals surface area contributed by atoms with E-state index in [0.29, 0.717) is 6.04 Å². The average molecular weight is 198 g/mol. The van der Waals surface area contributed by atoms with Crippen LogP contribution in [0.15, 0.2) is 0 Å². The number of amides is 2. The first-order valence-corrected chi connectivity index (χ1v) is 5.83. The van der Waals surface area contributed by atoms with Gasteiger partial charge in [-0.3, -0.25) is 0 Å². The molecule has 14 heavy (non-hydrogen) atoms. The van der Waals surface area contributed by atoms with E-state index >= 15 is 0 Å². The van der Waals surface area contributed by atoms with Crippen LogP contribution in [0, 0.1) is 0 Å². The van der Waals surface area contributed by atoms with E-state index in [-0.39, 0.29) is 6.03 Å². The van der Waals surface area contributed by atoms with E-state index in [1.807, 2.05) is 11.8 Å². The monoisotopic (exact) mass is 198 g/mol. The summed E-state index contributed by atoms with van der Waals surface area (Å²) in [6, 6.07) is 0.587. The molecule has 1 N–H and O–H groups in total. The molecule has 0 heterocycles. The molecule has 0 saturated heterocycles. The highest BCUT2D eigenvalue weighted by Crippen LogP contribution is 2.18. The van der Waals surface area contributed by atoms with Crippen LogP contribution >= 0.6 is 0 Å². The normalized spacial score (nSPS) is 16.1. The lowest BCUT2D eigenvalue weighted by Crippen LogP contribution is -2.47. The predicted octanol–water partition coefficient (Wildman–Crippen LogP) is 2.37. The molecule has 0 aromatic rings. The van der Waals surface area contributed by atoms with E-state index in [1.165, 1.54) is 6.42 Å². The molecule has 0 aromatic heterocycles. The van der Waals surface area contributed by atoms with Gasteiger partial charge in [-0.15, -0.1) is 0 Å². The number of hydrogen-bond acceptors (Lipinski definition) is 1. The van der Waals surface area contributed by atoms with E-state index in [0.717, 1.165) is 38.8 Å². The van der Waals surface area contributed by atoms with E-state index in [4.69, 9.17) is 0 Å². The van der Waals surface area contributed by atoms with Crippen LogP contribution in [0.2, 0.25) is 0 Å². The molecular weight excluding hydrogens is 176 g/mol. The minimum absolute atomic E-state index is 0.130. The maximum Gasteiger partial charge on any atom is 0.317 e. The summed E-state index contributed by atoms with van der Waals surface area (Å²) in [5.74, 6) is 0. The number of rotatable bonds is 5. The van der Waals surface area contributed by atoms with Gasteiger partial charge in [0.1, 0.15) is 0 Å². The molecule has 0 atom stereocenters. The number of nitrogens with zero attached hydrogens (tertiary/aromatic N) is 1. The Kier molecular flexibility index (Phi) is 4.77. The zero-order valence-corrected chi connectivity index (χ0v) is 9.38. The summed E-state index contributed by atoms with van der Waals surface area (Å²) in [5.41, 5.74) is 0. The molecule has 82 valence electrons. The molecule has 0 unspecified atom stereocenters. The standard InChI is InChI=1S/C11H22N2O/c1-3-5-9-13(4-2)11(14)12-10-7-6-8-10/h10H,3-9H2,1-2H3,(H,12,14). The lowest BCUT2D eigenvalue weighted by molar-refractivity contribution is 0.188. The van der Waals surface area contributed by atoms with Crippen molar-refractivity contribution in [3.05, 3.63) is 0 Å². The molecule has 3 heteroatoms. The molecule has 1 saturated carbocycles. The maximum atomic E-state index is 11.7. The Balaban J connectivity index is 2.23. The van der Waals surface area contributed by atoms with Crippen molar-refractivity contribution in [3.8, 4) is 0 Å². The quantitative estimate of drug-likeness (QED) is 0.722. The summed E-state index contributed by atoms with van der Waals surface area (Å²) in [6.07, 6.45) is 5.85. The molecule has 0 spiro atoms. The van der Waals surface area contributed by atoms with Crippen molar-refractivity contribution >= 4 is 6.03 Å². The molecule has 0 bridgehead atoms. The van der Waals surface area contributed by atoms with Crippen molar-refractivity contribution in [2.45, 2.75) is 52.0 Å². The van der Waals surface area contributed by atoms with E-state index in [2.05, 4.69) is 12.2 Å². The topological polar surface area (TPSA) is 32.3 Å². The largest absolute Gasteiger partial charge is 0.335 e. The van der Waals surface area contributed by atoms with Crippen molar-refractivity contribution in [1.29, 1.82) is 0 Å². The van der Waals surface area contributed by atoms with E-state index in [1.54, 1.807) is 0 Å².